The molecule has 0 radical (unpaired) electrons. The number of H-pyrrole nitrogens is 1. The molecule has 1 saturated heterocycles. The first-order valence-electron chi connectivity index (χ1n) is 11.2. The Kier molecular flexibility index (Phi) is 11.4. The van der Waals surface area contributed by atoms with Crippen LogP contribution < -0.4 is 11.2 Å². The van der Waals surface area contributed by atoms with E-state index in [1.165, 1.54) is 0 Å². The first-order valence-corrected chi connectivity index (χ1v) is 11.6. The Labute approximate surface area is 213 Å². The van der Waals surface area contributed by atoms with Gasteiger partial charge in [0.15, 0.2) is 0 Å². The second-order valence-corrected chi connectivity index (χ2v) is 8.38. The maximum atomic E-state index is 13.8. The summed E-state index contributed by atoms with van der Waals surface area (Å²) in [5, 5.41) is 0.599. The van der Waals surface area contributed by atoms with Crippen molar-refractivity contribution in [1.29, 1.82) is 0 Å². The van der Waals surface area contributed by atoms with Gasteiger partial charge in [0, 0.05) is 18.0 Å². The zero-order valence-corrected chi connectivity index (χ0v) is 21.1. The number of rotatable bonds is 11. The van der Waals surface area contributed by atoms with Crippen molar-refractivity contribution in [2.45, 2.75) is 51.7 Å². The SMILES string of the molecule is CCN(CC)CCC(=O)OC[C@@H]1O[C@H](n2cc(F)c(=O)[nH]c2=O)CC1OCc1ccc(Cl)cc1.Cl. The predicted octanol–water partition coefficient (Wildman–Crippen LogP) is 2.90. The number of aromatic amines is 1. The van der Waals surface area contributed by atoms with E-state index in [9.17, 15) is 18.8 Å². The van der Waals surface area contributed by atoms with E-state index in [0.29, 0.717) is 11.6 Å². The minimum atomic E-state index is -1.10. The van der Waals surface area contributed by atoms with Crippen molar-refractivity contribution in [2.24, 2.45) is 0 Å². The first-order chi connectivity index (χ1) is 16.3. The van der Waals surface area contributed by atoms with Crippen LogP contribution in [0.1, 0.15) is 38.5 Å². The normalized spacial score (nSPS) is 19.5. The fourth-order valence-corrected chi connectivity index (χ4v) is 3.82. The molecule has 1 aromatic carbocycles. The minimum Gasteiger partial charge on any atom is -0.463 e. The maximum absolute atomic E-state index is 13.8. The summed E-state index contributed by atoms with van der Waals surface area (Å²) in [4.78, 5) is 39.8. The molecule has 1 N–H and O–H groups in total. The Morgan fingerprint density at radius 1 is 1.26 bits per heavy atom. The van der Waals surface area contributed by atoms with Crippen LogP contribution in [-0.2, 0) is 25.6 Å². The molecule has 0 spiro atoms. The van der Waals surface area contributed by atoms with Gasteiger partial charge in [0.1, 0.15) is 18.9 Å². The summed E-state index contributed by atoms with van der Waals surface area (Å²) in [6.45, 7) is 6.45. The highest BCUT2D eigenvalue weighted by Crippen LogP contribution is 2.31. The van der Waals surface area contributed by atoms with Crippen LogP contribution in [0.2, 0.25) is 5.02 Å². The molecule has 0 bridgehead atoms. The minimum absolute atomic E-state index is 0. The van der Waals surface area contributed by atoms with Gasteiger partial charge in [-0.3, -0.25) is 19.1 Å². The lowest BCUT2D eigenvalue weighted by molar-refractivity contribution is -0.151. The van der Waals surface area contributed by atoms with Crippen molar-refractivity contribution in [1.82, 2.24) is 14.5 Å². The number of benzene rings is 1. The van der Waals surface area contributed by atoms with Crippen LogP contribution in [0.25, 0.3) is 0 Å². The van der Waals surface area contributed by atoms with Crippen molar-refractivity contribution >= 4 is 30.0 Å². The summed E-state index contributed by atoms with van der Waals surface area (Å²) in [7, 11) is 0. The zero-order chi connectivity index (χ0) is 24.7. The molecule has 12 heteroatoms. The quantitative estimate of drug-likeness (QED) is 0.443. The van der Waals surface area contributed by atoms with Crippen LogP contribution >= 0.6 is 24.0 Å². The number of carbonyl (C=O) groups is 1. The molecular weight excluding hydrogens is 504 g/mol. The summed E-state index contributed by atoms with van der Waals surface area (Å²) in [6.07, 6.45) is -0.886. The van der Waals surface area contributed by atoms with Crippen molar-refractivity contribution < 1.29 is 23.4 Å². The van der Waals surface area contributed by atoms with Gasteiger partial charge in [0.25, 0.3) is 5.56 Å². The van der Waals surface area contributed by atoms with Crippen molar-refractivity contribution in [2.75, 3.05) is 26.2 Å². The second-order valence-electron chi connectivity index (χ2n) is 7.94. The van der Waals surface area contributed by atoms with Gasteiger partial charge in [0.05, 0.1) is 25.3 Å². The monoisotopic (exact) mass is 533 g/mol. The van der Waals surface area contributed by atoms with Gasteiger partial charge in [-0.15, -0.1) is 12.4 Å². The average Bonchev–Trinajstić information content (AvgIpc) is 3.23. The standard InChI is InChI=1S/C23H29ClFN3O6.ClH/c1-3-27(4-2)10-9-21(29)33-14-19-18(32-13-15-5-7-16(24)8-6-15)11-20(34-19)28-12-17(25)22(30)26-23(28)31;/h5-8,12,18-20H,3-4,9-11,13-14H2,1-2H3,(H,26,30,31);1H/t18?,19-,20-;/m0./s1. The van der Waals surface area contributed by atoms with E-state index in [-0.39, 0.29) is 44.4 Å². The molecular formula is C23H30Cl2FN3O6. The number of hydrogen-bond donors (Lipinski definition) is 1. The van der Waals surface area contributed by atoms with Crippen LogP contribution in [0.4, 0.5) is 4.39 Å². The first kappa shape index (κ1) is 29.0. The molecule has 2 aromatic rings. The number of aromatic nitrogens is 2. The number of ether oxygens (including phenoxy) is 3. The van der Waals surface area contributed by atoms with Crippen LogP contribution in [-0.4, -0.2) is 58.9 Å². The summed E-state index contributed by atoms with van der Waals surface area (Å²) >= 11 is 5.92. The Morgan fingerprint density at radius 2 is 1.94 bits per heavy atom. The molecule has 194 valence electrons. The van der Waals surface area contributed by atoms with Gasteiger partial charge in [0.2, 0.25) is 5.82 Å². The molecule has 0 aliphatic carbocycles. The molecule has 1 aliphatic heterocycles. The van der Waals surface area contributed by atoms with Crippen LogP contribution in [0.15, 0.2) is 40.1 Å². The fraction of sp³-hybridized carbons (Fsp3) is 0.522. The lowest BCUT2D eigenvalue weighted by Crippen LogP contribution is -2.34. The van der Waals surface area contributed by atoms with E-state index < -0.39 is 35.5 Å². The molecule has 0 saturated carbocycles. The Morgan fingerprint density at radius 3 is 2.60 bits per heavy atom. The van der Waals surface area contributed by atoms with Gasteiger partial charge >= 0.3 is 11.7 Å². The topological polar surface area (TPSA) is 103 Å². The molecule has 0 amide bonds. The zero-order valence-electron chi connectivity index (χ0n) is 19.6. The van der Waals surface area contributed by atoms with Crippen LogP contribution in [0.3, 0.4) is 0 Å². The second kappa shape index (κ2) is 13.7. The molecule has 1 unspecified atom stereocenters. The number of nitrogens with zero attached hydrogens (tertiary/aromatic N) is 2. The third-order valence-corrected chi connectivity index (χ3v) is 5.98. The third-order valence-electron chi connectivity index (χ3n) is 5.73. The largest absolute Gasteiger partial charge is 0.463 e. The maximum Gasteiger partial charge on any atom is 0.330 e. The van der Waals surface area contributed by atoms with E-state index in [4.69, 9.17) is 25.8 Å². The van der Waals surface area contributed by atoms with Gasteiger partial charge in [-0.25, -0.2) is 4.79 Å². The van der Waals surface area contributed by atoms with Gasteiger partial charge in [-0.2, -0.15) is 4.39 Å². The molecule has 3 atom stereocenters. The molecule has 1 fully saturated rings. The lowest BCUT2D eigenvalue weighted by atomic mass is 10.1. The van der Waals surface area contributed by atoms with Crippen molar-refractivity contribution in [3.8, 4) is 0 Å². The molecule has 9 nitrogen and oxygen atoms in total. The molecule has 1 aromatic heterocycles. The van der Waals surface area contributed by atoms with Crippen LogP contribution in [0, 0.1) is 5.82 Å². The Hall–Kier alpha value is -2.24. The van der Waals surface area contributed by atoms with Gasteiger partial charge in [-0.1, -0.05) is 37.6 Å². The smallest absolute Gasteiger partial charge is 0.330 e. The number of carbonyl (C=O) groups excluding carboxylic acids is 1. The predicted molar refractivity (Wildman–Crippen MR) is 130 cm³/mol. The lowest BCUT2D eigenvalue weighted by Gasteiger charge is -2.20. The molecule has 1 aliphatic rings. The highest BCUT2D eigenvalue weighted by atomic mass is 35.5. The third kappa shape index (κ3) is 8.15. The van der Waals surface area contributed by atoms with E-state index in [0.717, 1.165) is 29.4 Å². The average molecular weight is 534 g/mol. The van der Waals surface area contributed by atoms with Gasteiger partial charge < -0.3 is 19.1 Å². The molecule has 3 rings (SSSR count). The summed E-state index contributed by atoms with van der Waals surface area (Å²) < 4.78 is 32.1. The number of halogens is 3. The van der Waals surface area contributed by atoms with E-state index >= 15 is 0 Å². The molecule has 2 heterocycles. The number of nitrogens with one attached hydrogen (secondary N) is 1. The van der Waals surface area contributed by atoms with E-state index in [1.807, 2.05) is 31.0 Å². The Bertz CT molecular complexity index is 1070. The van der Waals surface area contributed by atoms with Gasteiger partial charge in [-0.05, 0) is 30.8 Å². The summed E-state index contributed by atoms with van der Waals surface area (Å²) in [5.74, 6) is -1.48. The Balaban J connectivity index is 0.00000432. The molecule has 35 heavy (non-hydrogen) atoms. The van der Waals surface area contributed by atoms with E-state index in [1.54, 1.807) is 12.1 Å². The van der Waals surface area contributed by atoms with Crippen molar-refractivity contribution in [3.05, 3.63) is 67.7 Å². The summed E-state index contributed by atoms with van der Waals surface area (Å²) in [6, 6.07) is 7.12. The van der Waals surface area contributed by atoms with Crippen LogP contribution in [0.5, 0.6) is 0 Å². The number of esters is 1. The van der Waals surface area contributed by atoms with E-state index in [2.05, 4.69) is 4.90 Å². The van der Waals surface area contributed by atoms with Crippen molar-refractivity contribution in [3.63, 3.8) is 0 Å². The summed E-state index contributed by atoms with van der Waals surface area (Å²) in [5.41, 5.74) is -1.03. The highest BCUT2D eigenvalue weighted by Gasteiger charge is 2.38. The highest BCUT2D eigenvalue weighted by molar-refractivity contribution is 6.30. The fourth-order valence-electron chi connectivity index (χ4n) is 3.69. The number of hydrogen-bond acceptors (Lipinski definition) is 7.